The predicted octanol–water partition coefficient (Wildman–Crippen LogP) is 3.26. The standard InChI is InChI=1S/C14H16BrN3/c1-10-5-6-17-9-13(10)14(8-16)18-12-4-2-3-11(15)7-12/h2-7,9,14,18H,8,16H2,1H3. The minimum Gasteiger partial charge on any atom is -0.377 e. The SMILES string of the molecule is Cc1ccncc1C(CN)Nc1cccc(Br)c1. The highest BCUT2D eigenvalue weighted by molar-refractivity contribution is 9.10. The van der Waals surface area contributed by atoms with E-state index >= 15 is 0 Å². The minimum atomic E-state index is 0.0769. The van der Waals surface area contributed by atoms with E-state index in [9.17, 15) is 0 Å². The Morgan fingerprint density at radius 1 is 1.39 bits per heavy atom. The molecule has 4 heteroatoms. The van der Waals surface area contributed by atoms with Crippen LogP contribution in [0.25, 0.3) is 0 Å². The first-order valence-electron chi connectivity index (χ1n) is 5.83. The Morgan fingerprint density at radius 2 is 2.22 bits per heavy atom. The van der Waals surface area contributed by atoms with E-state index in [1.165, 1.54) is 5.56 Å². The number of aryl methyl sites for hydroxylation is 1. The van der Waals surface area contributed by atoms with E-state index < -0.39 is 0 Å². The third kappa shape index (κ3) is 3.09. The molecule has 0 aliphatic heterocycles. The predicted molar refractivity (Wildman–Crippen MR) is 78.5 cm³/mol. The van der Waals surface area contributed by atoms with Crippen molar-refractivity contribution in [3.63, 3.8) is 0 Å². The van der Waals surface area contributed by atoms with Gasteiger partial charge in [0, 0.05) is 29.1 Å². The number of benzene rings is 1. The lowest BCUT2D eigenvalue weighted by molar-refractivity contribution is 0.778. The quantitative estimate of drug-likeness (QED) is 0.911. The maximum absolute atomic E-state index is 5.86. The summed E-state index contributed by atoms with van der Waals surface area (Å²) in [6.07, 6.45) is 3.67. The molecule has 2 rings (SSSR count). The van der Waals surface area contributed by atoms with Gasteiger partial charge in [-0.2, -0.15) is 0 Å². The van der Waals surface area contributed by atoms with Gasteiger partial charge in [0.1, 0.15) is 0 Å². The third-order valence-corrected chi connectivity index (χ3v) is 3.35. The van der Waals surface area contributed by atoms with Crippen LogP contribution in [0.2, 0.25) is 0 Å². The molecule has 0 saturated heterocycles. The first-order chi connectivity index (χ1) is 8.70. The maximum atomic E-state index is 5.86. The average Bonchev–Trinajstić information content (AvgIpc) is 2.37. The summed E-state index contributed by atoms with van der Waals surface area (Å²) >= 11 is 3.46. The molecule has 1 aromatic heterocycles. The van der Waals surface area contributed by atoms with Crippen LogP contribution in [-0.2, 0) is 0 Å². The van der Waals surface area contributed by atoms with Crippen molar-refractivity contribution in [2.45, 2.75) is 13.0 Å². The van der Waals surface area contributed by atoms with Gasteiger partial charge in [-0.05, 0) is 42.3 Å². The summed E-state index contributed by atoms with van der Waals surface area (Å²) in [6.45, 7) is 2.60. The summed E-state index contributed by atoms with van der Waals surface area (Å²) in [5.41, 5.74) is 9.24. The van der Waals surface area contributed by atoms with Crippen LogP contribution in [0.1, 0.15) is 17.2 Å². The first-order valence-corrected chi connectivity index (χ1v) is 6.62. The van der Waals surface area contributed by atoms with Gasteiger partial charge >= 0.3 is 0 Å². The Bertz CT molecular complexity index is 528. The van der Waals surface area contributed by atoms with E-state index in [-0.39, 0.29) is 6.04 Å². The van der Waals surface area contributed by atoms with Crippen molar-refractivity contribution < 1.29 is 0 Å². The van der Waals surface area contributed by atoms with Crippen molar-refractivity contribution in [3.05, 3.63) is 58.3 Å². The molecule has 1 heterocycles. The van der Waals surface area contributed by atoms with Crippen molar-refractivity contribution in [1.29, 1.82) is 0 Å². The molecular weight excluding hydrogens is 290 g/mol. The fraction of sp³-hybridized carbons (Fsp3) is 0.214. The van der Waals surface area contributed by atoms with E-state index in [0.29, 0.717) is 6.54 Å². The fourth-order valence-corrected chi connectivity index (χ4v) is 2.28. The van der Waals surface area contributed by atoms with Gasteiger partial charge in [-0.1, -0.05) is 22.0 Å². The van der Waals surface area contributed by atoms with Crippen LogP contribution < -0.4 is 11.1 Å². The first kappa shape index (κ1) is 13.1. The number of anilines is 1. The van der Waals surface area contributed by atoms with Gasteiger partial charge in [-0.15, -0.1) is 0 Å². The highest BCUT2D eigenvalue weighted by atomic mass is 79.9. The number of hydrogen-bond acceptors (Lipinski definition) is 3. The summed E-state index contributed by atoms with van der Waals surface area (Å²) in [4.78, 5) is 4.17. The summed E-state index contributed by atoms with van der Waals surface area (Å²) in [7, 11) is 0. The number of nitrogens with zero attached hydrogens (tertiary/aromatic N) is 1. The lowest BCUT2D eigenvalue weighted by atomic mass is 10.0. The van der Waals surface area contributed by atoms with Crippen LogP contribution in [-0.4, -0.2) is 11.5 Å². The van der Waals surface area contributed by atoms with Crippen molar-refractivity contribution in [2.24, 2.45) is 5.73 Å². The normalized spacial score (nSPS) is 12.2. The molecule has 0 aliphatic rings. The van der Waals surface area contributed by atoms with Gasteiger partial charge in [0.25, 0.3) is 0 Å². The molecule has 1 aromatic carbocycles. The summed E-state index contributed by atoms with van der Waals surface area (Å²) in [6, 6.07) is 10.1. The molecule has 0 aliphatic carbocycles. The number of nitrogens with two attached hydrogens (primary N) is 1. The Hall–Kier alpha value is -1.39. The van der Waals surface area contributed by atoms with E-state index in [2.05, 4.69) is 33.2 Å². The molecule has 0 radical (unpaired) electrons. The Balaban J connectivity index is 2.23. The van der Waals surface area contributed by atoms with Crippen molar-refractivity contribution in [3.8, 4) is 0 Å². The zero-order chi connectivity index (χ0) is 13.0. The molecule has 3 nitrogen and oxygen atoms in total. The van der Waals surface area contributed by atoms with Crippen molar-refractivity contribution >= 4 is 21.6 Å². The number of halogens is 1. The lowest BCUT2D eigenvalue weighted by Gasteiger charge is -2.20. The number of pyridine rings is 1. The molecule has 1 atom stereocenters. The van der Waals surface area contributed by atoms with Crippen LogP contribution in [0, 0.1) is 6.92 Å². The Kier molecular flexibility index (Phi) is 4.33. The summed E-state index contributed by atoms with van der Waals surface area (Å²) < 4.78 is 1.05. The number of aromatic nitrogens is 1. The van der Waals surface area contributed by atoms with E-state index in [4.69, 9.17) is 5.73 Å². The van der Waals surface area contributed by atoms with Crippen molar-refractivity contribution in [1.82, 2.24) is 4.98 Å². The average molecular weight is 306 g/mol. The molecule has 0 saturated carbocycles. The molecule has 1 unspecified atom stereocenters. The Labute approximate surface area is 116 Å². The number of nitrogens with one attached hydrogen (secondary N) is 1. The molecule has 2 aromatic rings. The molecule has 0 bridgehead atoms. The zero-order valence-corrected chi connectivity index (χ0v) is 11.8. The smallest absolute Gasteiger partial charge is 0.0653 e. The van der Waals surface area contributed by atoms with Crippen LogP contribution >= 0.6 is 15.9 Å². The van der Waals surface area contributed by atoms with Gasteiger partial charge in [-0.3, -0.25) is 4.98 Å². The molecule has 18 heavy (non-hydrogen) atoms. The fourth-order valence-electron chi connectivity index (χ4n) is 1.88. The highest BCUT2D eigenvalue weighted by Gasteiger charge is 2.12. The van der Waals surface area contributed by atoms with Gasteiger partial charge in [0.2, 0.25) is 0 Å². The monoisotopic (exact) mass is 305 g/mol. The molecule has 0 amide bonds. The topological polar surface area (TPSA) is 50.9 Å². The summed E-state index contributed by atoms with van der Waals surface area (Å²) in [5.74, 6) is 0. The molecule has 0 spiro atoms. The van der Waals surface area contributed by atoms with E-state index in [1.807, 2.05) is 36.5 Å². The third-order valence-electron chi connectivity index (χ3n) is 2.86. The second-order valence-corrected chi connectivity index (χ2v) is 5.09. The lowest BCUT2D eigenvalue weighted by Crippen LogP contribution is -2.21. The second-order valence-electron chi connectivity index (χ2n) is 4.18. The molecule has 0 fully saturated rings. The Morgan fingerprint density at radius 3 is 2.89 bits per heavy atom. The molecule has 94 valence electrons. The van der Waals surface area contributed by atoms with Gasteiger partial charge in [0.05, 0.1) is 6.04 Å². The molecule has 3 N–H and O–H groups in total. The number of rotatable bonds is 4. The minimum absolute atomic E-state index is 0.0769. The second kappa shape index (κ2) is 5.98. The van der Waals surface area contributed by atoms with Gasteiger partial charge < -0.3 is 11.1 Å². The van der Waals surface area contributed by atoms with E-state index in [1.54, 1.807) is 6.20 Å². The zero-order valence-electron chi connectivity index (χ0n) is 10.2. The van der Waals surface area contributed by atoms with Gasteiger partial charge in [0.15, 0.2) is 0 Å². The van der Waals surface area contributed by atoms with Crippen LogP contribution in [0.3, 0.4) is 0 Å². The maximum Gasteiger partial charge on any atom is 0.0653 e. The summed E-state index contributed by atoms with van der Waals surface area (Å²) in [5, 5.41) is 3.43. The van der Waals surface area contributed by atoms with Crippen molar-refractivity contribution in [2.75, 3.05) is 11.9 Å². The van der Waals surface area contributed by atoms with Crippen LogP contribution in [0.4, 0.5) is 5.69 Å². The van der Waals surface area contributed by atoms with Gasteiger partial charge in [-0.25, -0.2) is 0 Å². The highest BCUT2D eigenvalue weighted by Crippen LogP contribution is 2.23. The molecular formula is C14H16BrN3. The van der Waals surface area contributed by atoms with E-state index in [0.717, 1.165) is 15.7 Å². The largest absolute Gasteiger partial charge is 0.377 e. The van der Waals surface area contributed by atoms with Crippen LogP contribution in [0.5, 0.6) is 0 Å². The number of hydrogen-bond donors (Lipinski definition) is 2. The van der Waals surface area contributed by atoms with Crippen LogP contribution in [0.15, 0.2) is 47.2 Å².